The van der Waals surface area contributed by atoms with Gasteiger partial charge in [-0.3, -0.25) is 0 Å². The van der Waals surface area contributed by atoms with Crippen LogP contribution in [-0.4, -0.2) is 9.13 Å². The monoisotopic (exact) mass is 610 g/mol. The number of aromatic nitrogens is 2. The fourth-order valence-electron chi connectivity index (χ4n) is 7.38. The van der Waals surface area contributed by atoms with Crippen molar-refractivity contribution in [1.29, 1.82) is 5.26 Å². The normalized spacial score (nSPS) is 11.3. The zero-order valence-electron chi connectivity index (χ0n) is 25.8. The van der Waals surface area contributed by atoms with E-state index in [1.54, 1.807) is 0 Å². The molecule has 0 aliphatic carbocycles. The molecule has 0 fully saturated rings. The van der Waals surface area contributed by atoms with Gasteiger partial charge in [0.25, 0.3) is 0 Å². The number of benzene rings is 7. The second kappa shape index (κ2) is 10.9. The highest BCUT2D eigenvalue weighted by Gasteiger charge is 2.21. The Kier molecular flexibility index (Phi) is 6.22. The lowest BCUT2D eigenvalue weighted by atomic mass is 9.92. The fourth-order valence-corrected chi connectivity index (χ4v) is 7.38. The number of para-hydroxylation sites is 5. The third-order valence-corrected chi connectivity index (χ3v) is 9.40. The van der Waals surface area contributed by atoms with Crippen molar-refractivity contribution in [3.63, 3.8) is 0 Å². The Hall–Kier alpha value is -6.88. The molecule has 4 heteroatoms. The lowest BCUT2D eigenvalue weighted by Crippen LogP contribution is -2.00. The number of fused-ring (bicyclic) bond motifs is 6. The topological polar surface area (TPSA) is 38.0 Å². The van der Waals surface area contributed by atoms with E-state index >= 15 is 0 Å². The van der Waals surface area contributed by atoms with Gasteiger partial charge in [0.15, 0.2) is 0 Å². The van der Waals surface area contributed by atoms with Crippen LogP contribution in [-0.2, 0) is 0 Å². The zero-order chi connectivity index (χ0) is 32.2. The largest absolute Gasteiger partial charge is 0.309 e. The quantitative estimate of drug-likeness (QED) is 0.183. The minimum absolute atomic E-state index is 0.331. The number of hydrogen-bond donors (Lipinski definition) is 0. The molecule has 9 rings (SSSR count). The molecule has 0 N–H and O–H groups in total. The maximum absolute atomic E-state index is 10.5. The SMILES string of the molecule is [C-]#[N+]c1cc(-c2ccccc2-c2ccccc2-n2c3ccccc3c3ccccc32)cc(-n2c3ccccc3c3ccccc32)c1C#N. The highest BCUT2D eigenvalue weighted by molar-refractivity contribution is 6.11. The molecule has 9 aromatic rings. The van der Waals surface area contributed by atoms with Gasteiger partial charge in [0.1, 0.15) is 0 Å². The summed E-state index contributed by atoms with van der Waals surface area (Å²) < 4.78 is 4.49. The molecule has 0 saturated carbocycles. The molecule has 0 unspecified atom stereocenters. The summed E-state index contributed by atoms with van der Waals surface area (Å²) in [6.45, 7) is 8.16. The van der Waals surface area contributed by atoms with Gasteiger partial charge in [-0.15, -0.1) is 0 Å². The standard InChI is InChI=1S/C44H26N4/c1-46-38-26-29(27-44(37(38)28-45)48-42-24-12-7-19-35(42)36-20-8-13-25-43(36)48)30-14-2-3-15-31(30)32-16-4-9-21-39(32)47-40-22-10-5-17-33(40)34-18-6-11-23-41(34)47/h2-27H. The second-order valence-corrected chi connectivity index (χ2v) is 11.9. The van der Waals surface area contributed by atoms with Crippen molar-refractivity contribution in [2.45, 2.75) is 0 Å². The van der Waals surface area contributed by atoms with Gasteiger partial charge in [-0.2, -0.15) is 5.26 Å². The van der Waals surface area contributed by atoms with E-state index in [2.05, 4.69) is 141 Å². The van der Waals surface area contributed by atoms with Gasteiger partial charge in [0.05, 0.1) is 51.6 Å². The van der Waals surface area contributed by atoms with Gasteiger partial charge in [-0.25, -0.2) is 4.85 Å². The second-order valence-electron chi connectivity index (χ2n) is 11.9. The van der Waals surface area contributed by atoms with Gasteiger partial charge >= 0.3 is 0 Å². The van der Waals surface area contributed by atoms with Gasteiger partial charge in [-0.1, -0.05) is 115 Å². The van der Waals surface area contributed by atoms with E-state index in [0.29, 0.717) is 16.9 Å². The van der Waals surface area contributed by atoms with Crippen LogP contribution in [0.4, 0.5) is 5.69 Å². The molecule has 7 aromatic carbocycles. The van der Waals surface area contributed by atoms with Crippen molar-refractivity contribution in [3.8, 4) is 39.7 Å². The Balaban J connectivity index is 1.33. The number of nitriles is 1. The minimum Gasteiger partial charge on any atom is -0.309 e. The summed E-state index contributed by atoms with van der Waals surface area (Å²) in [4.78, 5) is 3.90. The van der Waals surface area contributed by atoms with E-state index in [1.165, 1.54) is 10.8 Å². The molecule has 0 aliphatic rings. The van der Waals surface area contributed by atoms with Crippen LogP contribution < -0.4 is 0 Å². The molecule has 0 amide bonds. The Bertz CT molecular complexity index is 2710. The van der Waals surface area contributed by atoms with E-state index in [0.717, 1.165) is 60.8 Å². The van der Waals surface area contributed by atoms with Crippen molar-refractivity contribution < 1.29 is 0 Å². The summed E-state index contributed by atoms with van der Waals surface area (Å²) in [7, 11) is 0. The summed E-state index contributed by atoms with van der Waals surface area (Å²) in [5.74, 6) is 0. The van der Waals surface area contributed by atoms with Crippen LogP contribution in [0.1, 0.15) is 5.56 Å². The van der Waals surface area contributed by atoms with E-state index < -0.39 is 0 Å². The smallest absolute Gasteiger partial charge is 0.207 e. The average Bonchev–Trinajstić information content (AvgIpc) is 3.67. The molecule has 4 nitrogen and oxygen atoms in total. The maximum Gasteiger partial charge on any atom is 0.207 e. The van der Waals surface area contributed by atoms with Crippen LogP contribution >= 0.6 is 0 Å². The summed E-state index contributed by atoms with van der Waals surface area (Å²) >= 11 is 0. The lowest BCUT2D eigenvalue weighted by Gasteiger charge is -2.18. The van der Waals surface area contributed by atoms with E-state index in [1.807, 2.05) is 36.4 Å². The first-order valence-electron chi connectivity index (χ1n) is 15.9. The summed E-state index contributed by atoms with van der Waals surface area (Å²) in [5.41, 5.74) is 10.7. The van der Waals surface area contributed by atoms with Crippen molar-refractivity contribution in [2.75, 3.05) is 0 Å². The van der Waals surface area contributed by atoms with E-state index in [4.69, 9.17) is 6.57 Å². The highest BCUT2D eigenvalue weighted by Crippen LogP contribution is 2.43. The van der Waals surface area contributed by atoms with E-state index in [9.17, 15) is 5.26 Å². The summed E-state index contributed by atoms with van der Waals surface area (Å²) in [5, 5.41) is 15.1. The van der Waals surface area contributed by atoms with Gasteiger partial charge in [0.2, 0.25) is 5.69 Å². The minimum atomic E-state index is 0.331. The van der Waals surface area contributed by atoms with Crippen LogP contribution in [0.2, 0.25) is 0 Å². The summed E-state index contributed by atoms with van der Waals surface area (Å²) in [6, 6.07) is 56.8. The van der Waals surface area contributed by atoms with Crippen molar-refractivity contribution >= 4 is 49.3 Å². The predicted molar refractivity (Wildman–Crippen MR) is 197 cm³/mol. The predicted octanol–water partition coefficient (Wildman–Crippen LogP) is 11.6. The first kappa shape index (κ1) is 27.4. The zero-order valence-corrected chi connectivity index (χ0v) is 25.8. The Labute approximate surface area is 277 Å². The third kappa shape index (κ3) is 4.01. The molecular formula is C44H26N4. The molecule has 0 spiro atoms. The first-order chi connectivity index (χ1) is 23.8. The Morgan fingerprint density at radius 3 is 1.38 bits per heavy atom. The third-order valence-electron chi connectivity index (χ3n) is 9.40. The number of hydrogen-bond acceptors (Lipinski definition) is 1. The van der Waals surface area contributed by atoms with Crippen LogP contribution in [0.5, 0.6) is 0 Å². The number of rotatable bonds is 4. The average molecular weight is 611 g/mol. The lowest BCUT2D eigenvalue weighted by molar-refractivity contribution is 1.17. The molecule has 0 saturated heterocycles. The molecule has 0 atom stereocenters. The van der Waals surface area contributed by atoms with Gasteiger partial charge in [0, 0.05) is 27.1 Å². The number of nitrogens with zero attached hydrogens (tertiary/aromatic N) is 4. The molecular weight excluding hydrogens is 585 g/mol. The van der Waals surface area contributed by atoms with E-state index in [-0.39, 0.29) is 0 Å². The van der Waals surface area contributed by atoms with Gasteiger partial charge in [-0.05, 0) is 59.2 Å². The molecule has 0 radical (unpaired) electrons. The van der Waals surface area contributed by atoms with Gasteiger partial charge < -0.3 is 9.13 Å². The Morgan fingerprint density at radius 2 is 0.875 bits per heavy atom. The molecule has 0 bridgehead atoms. The molecule has 222 valence electrons. The highest BCUT2D eigenvalue weighted by atomic mass is 15.0. The van der Waals surface area contributed by atoms with Crippen molar-refractivity contribution in [3.05, 3.63) is 175 Å². The molecule has 2 aromatic heterocycles. The maximum atomic E-state index is 10.5. The van der Waals surface area contributed by atoms with Crippen LogP contribution in [0.15, 0.2) is 158 Å². The van der Waals surface area contributed by atoms with Crippen LogP contribution in [0, 0.1) is 17.9 Å². The first-order valence-corrected chi connectivity index (χ1v) is 15.9. The molecule has 0 aliphatic heterocycles. The Morgan fingerprint density at radius 1 is 0.458 bits per heavy atom. The van der Waals surface area contributed by atoms with Crippen LogP contribution in [0.3, 0.4) is 0 Å². The fraction of sp³-hybridized carbons (Fsp3) is 0. The molecule has 2 heterocycles. The van der Waals surface area contributed by atoms with Crippen LogP contribution in [0.25, 0.3) is 82.1 Å². The van der Waals surface area contributed by atoms with Crippen molar-refractivity contribution in [2.24, 2.45) is 0 Å². The summed E-state index contributed by atoms with van der Waals surface area (Å²) in [6.07, 6.45) is 0. The van der Waals surface area contributed by atoms with Crippen molar-refractivity contribution in [1.82, 2.24) is 9.13 Å². The molecule has 48 heavy (non-hydrogen) atoms.